The van der Waals surface area contributed by atoms with Gasteiger partial charge in [0.1, 0.15) is 0 Å². The number of hydrogen-bond acceptors (Lipinski definition) is 3. The minimum Gasteiger partial charge on any atom is -0.378 e. The highest BCUT2D eigenvalue weighted by molar-refractivity contribution is 5.92. The molecule has 0 saturated carbocycles. The summed E-state index contributed by atoms with van der Waals surface area (Å²) >= 11 is 0. The number of amides is 1. The Hall–Kier alpha value is -1.81. The number of anilines is 1. The number of likely N-dealkylation sites (tertiary alicyclic amines) is 1. The normalized spacial score (nSPS) is 18.1. The molecule has 0 radical (unpaired) electrons. The minimum absolute atomic E-state index is 0.122. The fraction of sp³-hybridized carbons (Fsp3) is 0.526. The molecule has 4 nitrogen and oxygen atoms in total. The van der Waals surface area contributed by atoms with Crippen LogP contribution in [0, 0.1) is 0 Å². The predicted octanol–water partition coefficient (Wildman–Crippen LogP) is 2.71. The molecule has 1 heterocycles. The third-order valence-electron chi connectivity index (χ3n) is 4.63. The Morgan fingerprint density at radius 1 is 1.22 bits per heavy atom. The van der Waals surface area contributed by atoms with E-state index in [2.05, 4.69) is 35.8 Å². The average molecular weight is 315 g/mol. The lowest BCUT2D eigenvalue weighted by Gasteiger charge is -2.25. The summed E-state index contributed by atoms with van der Waals surface area (Å²) in [6, 6.07) is 8.73. The fourth-order valence-electron chi connectivity index (χ4n) is 3.14. The van der Waals surface area contributed by atoms with Crippen molar-refractivity contribution in [3.8, 4) is 0 Å². The maximum Gasteiger partial charge on any atom is 0.246 e. The van der Waals surface area contributed by atoms with Gasteiger partial charge in [0.2, 0.25) is 5.91 Å². The van der Waals surface area contributed by atoms with Crippen molar-refractivity contribution in [2.75, 3.05) is 45.2 Å². The summed E-state index contributed by atoms with van der Waals surface area (Å²) in [6.45, 7) is 8.19. The van der Waals surface area contributed by atoms with Crippen LogP contribution < -0.4 is 4.90 Å². The molecular formula is C19H29N3O. The highest BCUT2D eigenvalue weighted by Gasteiger charge is 2.27. The predicted molar refractivity (Wildman–Crippen MR) is 97.7 cm³/mol. The third-order valence-corrected chi connectivity index (χ3v) is 4.63. The molecule has 1 unspecified atom stereocenters. The highest BCUT2D eigenvalue weighted by atomic mass is 16.2. The van der Waals surface area contributed by atoms with Crippen molar-refractivity contribution in [2.24, 2.45) is 0 Å². The van der Waals surface area contributed by atoms with E-state index in [1.54, 1.807) is 6.08 Å². The molecule has 0 aliphatic carbocycles. The number of nitrogens with zero attached hydrogens (tertiary/aromatic N) is 3. The van der Waals surface area contributed by atoms with Gasteiger partial charge >= 0.3 is 0 Å². The molecule has 1 atom stereocenters. The van der Waals surface area contributed by atoms with E-state index in [0.29, 0.717) is 6.04 Å². The molecular weight excluding hydrogens is 286 g/mol. The first-order chi connectivity index (χ1) is 11.0. The Morgan fingerprint density at radius 3 is 2.43 bits per heavy atom. The fourth-order valence-corrected chi connectivity index (χ4v) is 3.14. The molecule has 1 aromatic carbocycles. The zero-order valence-corrected chi connectivity index (χ0v) is 14.8. The topological polar surface area (TPSA) is 26.8 Å². The zero-order chi connectivity index (χ0) is 16.8. The van der Waals surface area contributed by atoms with E-state index in [9.17, 15) is 4.79 Å². The lowest BCUT2D eigenvalue weighted by atomic mass is 10.2. The highest BCUT2D eigenvalue weighted by Crippen LogP contribution is 2.17. The molecule has 1 aliphatic heterocycles. The van der Waals surface area contributed by atoms with Gasteiger partial charge in [-0.25, -0.2) is 0 Å². The van der Waals surface area contributed by atoms with Crippen LogP contribution in [0.1, 0.15) is 25.8 Å². The molecule has 4 heteroatoms. The molecule has 0 aromatic heterocycles. The Kier molecular flexibility index (Phi) is 6.22. The molecule has 0 spiro atoms. The molecule has 1 aromatic rings. The van der Waals surface area contributed by atoms with Crippen molar-refractivity contribution in [3.63, 3.8) is 0 Å². The number of carbonyl (C=O) groups is 1. The molecule has 1 aliphatic rings. The quantitative estimate of drug-likeness (QED) is 0.755. The smallest absolute Gasteiger partial charge is 0.246 e. The third kappa shape index (κ3) is 4.58. The lowest BCUT2D eigenvalue weighted by molar-refractivity contribution is -0.125. The van der Waals surface area contributed by atoms with Gasteiger partial charge in [-0.2, -0.15) is 0 Å². The SMILES string of the molecule is CCN(CC)C1CCN(C(=O)/C=C/c2ccc(N(C)C)cc2)C1. The Bertz CT molecular complexity index is 532. The van der Waals surface area contributed by atoms with Crippen LogP contribution in [-0.2, 0) is 4.79 Å². The van der Waals surface area contributed by atoms with Gasteiger partial charge in [0.05, 0.1) is 0 Å². The number of benzene rings is 1. The van der Waals surface area contributed by atoms with Crippen LogP contribution in [0.5, 0.6) is 0 Å². The summed E-state index contributed by atoms with van der Waals surface area (Å²) in [5.41, 5.74) is 2.22. The van der Waals surface area contributed by atoms with Crippen molar-refractivity contribution in [1.29, 1.82) is 0 Å². The molecule has 23 heavy (non-hydrogen) atoms. The van der Waals surface area contributed by atoms with Crippen molar-refractivity contribution in [2.45, 2.75) is 26.3 Å². The largest absolute Gasteiger partial charge is 0.378 e. The van der Waals surface area contributed by atoms with E-state index in [1.807, 2.05) is 37.2 Å². The maximum atomic E-state index is 12.4. The number of rotatable bonds is 6. The first kappa shape index (κ1) is 17.5. The van der Waals surface area contributed by atoms with E-state index in [0.717, 1.165) is 43.9 Å². The lowest BCUT2D eigenvalue weighted by Crippen LogP contribution is -2.38. The average Bonchev–Trinajstić information content (AvgIpc) is 3.04. The van der Waals surface area contributed by atoms with E-state index < -0.39 is 0 Å². The Morgan fingerprint density at radius 2 is 1.87 bits per heavy atom. The number of likely N-dealkylation sites (N-methyl/N-ethyl adjacent to an activating group) is 1. The van der Waals surface area contributed by atoms with Crippen molar-refractivity contribution in [3.05, 3.63) is 35.9 Å². The summed E-state index contributed by atoms with van der Waals surface area (Å²) in [5.74, 6) is 0.122. The maximum absolute atomic E-state index is 12.4. The van der Waals surface area contributed by atoms with Gasteiger partial charge in [0, 0.05) is 45.0 Å². The second kappa shape index (κ2) is 8.16. The zero-order valence-electron chi connectivity index (χ0n) is 14.8. The van der Waals surface area contributed by atoms with Gasteiger partial charge in [-0.1, -0.05) is 26.0 Å². The molecule has 1 saturated heterocycles. The Balaban J connectivity index is 1.91. The van der Waals surface area contributed by atoms with E-state index in [-0.39, 0.29) is 5.91 Å². The number of carbonyl (C=O) groups excluding carboxylic acids is 1. The van der Waals surface area contributed by atoms with E-state index >= 15 is 0 Å². The molecule has 1 fully saturated rings. The van der Waals surface area contributed by atoms with Crippen LogP contribution in [0.3, 0.4) is 0 Å². The summed E-state index contributed by atoms with van der Waals surface area (Å²) in [6.07, 6.45) is 4.70. The monoisotopic (exact) mass is 315 g/mol. The second-order valence-electron chi connectivity index (χ2n) is 6.27. The molecule has 126 valence electrons. The van der Waals surface area contributed by atoms with Crippen LogP contribution in [0.4, 0.5) is 5.69 Å². The van der Waals surface area contributed by atoms with Crippen LogP contribution in [0.15, 0.2) is 30.3 Å². The van der Waals surface area contributed by atoms with Crippen LogP contribution in [0.25, 0.3) is 6.08 Å². The summed E-state index contributed by atoms with van der Waals surface area (Å²) in [4.78, 5) is 18.8. The van der Waals surface area contributed by atoms with Gasteiger partial charge in [-0.15, -0.1) is 0 Å². The molecule has 2 rings (SSSR count). The van der Waals surface area contributed by atoms with Crippen molar-refractivity contribution < 1.29 is 4.79 Å². The minimum atomic E-state index is 0.122. The van der Waals surface area contributed by atoms with Gasteiger partial charge in [0.15, 0.2) is 0 Å². The van der Waals surface area contributed by atoms with Crippen LogP contribution in [-0.4, -0.2) is 62.0 Å². The van der Waals surface area contributed by atoms with Crippen LogP contribution in [0.2, 0.25) is 0 Å². The first-order valence-electron chi connectivity index (χ1n) is 8.53. The van der Waals surface area contributed by atoms with Gasteiger partial charge < -0.3 is 9.80 Å². The van der Waals surface area contributed by atoms with E-state index in [4.69, 9.17) is 0 Å². The van der Waals surface area contributed by atoms with Crippen molar-refractivity contribution in [1.82, 2.24) is 9.80 Å². The van der Waals surface area contributed by atoms with E-state index in [1.165, 1.54) is 0 Å². The van der Waals surface area contributed by atoms with Gasteiger partial charge in [-0.05, 0) is 43.3 Å². The molecule has 0 bridgehead atoms. The summed E-state index contributed by atoms with van der Waals surface area (Å²) in [7, 11) is 4.04. The van der Waals surface area contributed by atoms with Gasteiger partial charge in [-0.3, -0.25) is 9.69 Å². The summed E-state index contributed by atoms with van der Waals surface area (Å²) < 4.78 is 0. The molecule has 0 N–H and O–H groups in total. The first-order valence-corrected chi connectivity index (χ1v) is 8.53. The molecule has 1 amide bonds. The van der Waals surface area contributed by atoms with Crippen LogP contribution >= 0.6 is 0 Å². The van der Waals surface area contributed by atoms with Crippen molar-refractivity contribution >= 4 is 17.7 Å². The standard InChI is InChI=1S/C19H29N3O/c1-5-21(6-2)18-13-14-22(15-18)19(23)12-9-16-7-10-17(11-8-16)20(3)4/h7-12,18H,5-6,13-15H2,1-4H3/b12-9+. The Labute approximate surface area is 140 Å². The second-order valence-corrected chi connectivity index (χ2v) is 6.27. The summed E-state index contributed by atoms with van der Waals surface area (Å²) in [5, 5.41) is 0. The number of hydrogen-bond donors (Lipinski definition) is 0. The van der Waals surface area contributed by atoms with Gasteiger partial charge in [0.25, 0.3) is 0 Å².